The van der Waals surface area contributed by atoms with Crippen molar-refractivity contribution in [3.05, 3.63) is 57.0 Å². The number of carbonyl (C=O) groups is 1. The van der Waals surface area contributed by atoms with Crippen LogP contribution < -0.4 is 5.32 Å². The maximum absolute atomic E-state index is 13.7. The Morgan fingerprint density at radius 3 is 2.70 bits per heavy atom. The lowest BCUT2D eigenvalue weighted by atomic mass is 10.1. The van der Waals surface area contributed by atoms with Crippen LogP contribution in [0.1, 0.15) is 25.7 Å². The average molecular weight is 293 g/mol. The van der Waals surface area contributed by atoms with E-state index in [4.69, 9.17) is 0 Å². The number of aryl methyl sites for hydroxylation is 1. The van der Waals surface area contributed by atoms with Crippen molar-refractivity contribution in [2.45, 2.75) is 20.0 Å². The average Bonchev–Trinajstić information content (AvgIpc) is 2.84. The number of nitrogens with one attached hydrogen (secondary N) is 1. The van der Waals surface area contributed by atoms with E-state index in [1.54, 1.807) is 17.4 Å². The van der Waals surface area contributed by atoms with E-state index in [1.807, 2.05) is 0 Å². The van der Waals surface area contributed by atoms with E-state index in [9.17, 15) is 9.18 Å². The summed E-state index contributed by atoms with van der Waals surface area (Å²) in [5.41, 5.74) is 0.758. The summed E-state index contributed by atoms with van der Waals surface area (Å²) in [5, 5.41) is 3.25. The minimum Gasteiger partial charge on any atom is -0.465 e. The van der Waals surface area contributed by atoms with E-state index >= 15 is 0 Å². The first kappa shape index (κ1) is 14.7. The van der Waals surface area contributed by atoms with Gasteiger partial charge in [-0.3, -0.25) is 0 Å². The van der Waals surface area contributed by atoms with Crippen molar-refractivity contribution in [3.63, 3.8) is 0 Å². The Morgan fingerprint density at radius 2 is 2.10 bits per heavy atom. The molecule has 20 heavy (non-hydrogen) atoms. The lowest BCUT2D eigenvalue weighted by molar-refractivity contribution is 0.0595. The first-order valence-corrected chi connectivity index (χ1v) is 7.04. The van der Waals surface area contributed by atoms with Gasteiger partial charge in [-0.25, -0.2) is 9.18 Å². The molecule has 2 aromatic rings. The van der Waals surface area contributed by atoms with Gasteiger partial charge in [0.1, 0.15) is 5.82 Å². The largest absolute Gasteiger partial charge is 0.465 e. The molecule has 0 spiro atoms. The summed E-state index contributed by atoms with van der Waals surface area (Å²) in [6.45, 7) is 3.36. The highest BCUT2D eigenvalue weighted by atomic mass is 32.1. The Balaban J connectivity index is 1.93. The number of benzene rings is 1. The molecule has 1 aromatic heterocycles. The van der Waals surface area contributed by atoms with Crippen molar-refractivity contribution >= 4 is 17.3 Å². The highest BCUT2D eigenvalue weighted by Crippen LogP contribution is 2.15. The van der Waals surface area contributed by atoms with Crippen LogP contribution in [0.3, 0.4) is 0 Å². The van der Waals surface area contributed by atoms with Crippen molar-refractivity contribution in [3.8, 4) is 0 Å². The third-order valence-electron chi connectivity index (χ3n) is 2.86. The van der Waals surface area contributed by atoms with Gasteiger partial charge in [-0.1, -0.05) is 6.07 Å². The number of hydrogen-bond donors (Lipinski definition) is 1. The summed E-state index contributed by atoms with van der Waals surface area (Å²) in [4.78, 5) is 13.8. The molecule has 1 aromatic carbocycles. The van der Waals surface area contributed by atoms with Gasteiger partial charge in [-0.05, 0) is 36.8 Å². The SMILES string of the molecule is COC(=O)c1ccc(CNCc2ccc(C)s2)cc1F. The van der Waals surface area contributed by atoms with Gasteiger partial charge in [0.05, 0.1) is 12.7 Å². The molecule has 0 saturated carbocycles. The molecule has 106 valence electrons. The lowest BCUT2D eigenvalue weighted by Gasteiger charge is -2.06. The van der Waals surface area contributed by atoms with Gasteiger partial charge >= 0.3 is 5.97 Å². The molecule has 2 rings (SSSR count). The second-order valence-corrected chi connectivity index (χ2v) is 5.79. The Kier molecular flexibility index (Phi) is 4.87. The molecule has 1 heterocycles. The van der Waals surface area contributed by atoms with Crippen LogP contribution in [0.5, 0.6) is 0 Å². The highest BCUT2D eigenvalue weighted by molar-refractivity contribution is 7.11. The maximum atomic E-state index is 13.7. The first-order valence-electron chi connectivity index (χ1n) is 6.23. The minimum absolute atomic E-state index is 0.0369. The standard InChI is InChI=1S/C15H16FNO2S/c1-10-3-5-12(20-10)9-17-8-11-4-6-13(14(16)7-11)15(18)19-2/h3-7,17H,8-9H2,1-2H3. The Labute approximate surface area is 121 Å². The molecule has 0 radical (unpaired) electrons. The van der Waals surface area contributed by atoms with Crippen molar-refractivity contribution < 1.29 is 13.9 Å². The molecule has 0 aliphatic rings. The van der Waals surface area contributed by atoms with E-state index < -0.39 is 11.8 Å². The minimum atomic E-state index is -0.656. The zero-order chi connectivity index (χ0) is 14.5. The number of hydrogen-bond acceptors (Lipinski definition) is 4. The van der Waals surface area contributed by atoms with Crippen LogP contribution in [0.4, 0.5) is 4.39 Å². The van der Waals surface area contributed by atoms with Gasteiger partial charge in [0.2, 0.25) is 0 Å². The zero-order valence-corrected chi connectivity index (χ0v) is 12.2. The van der Waals surface area contributed by atoms with Gasteiger partial charge in [-0.15, -0.1) is 11.3 Å². The number of carbonyl (C=O) groups excluding carboxylic acids is 1. The molecule has 1 N–H and O–H groups in total. The number of methoxy groups -OCH3 is 1. The molecular formula is C15H16FNO2S. The molecule has 0 fully saturated rings. The maximum Gasteiger partial charge on any atom is 0.340 e. The summed E-state index contributed by atoms with van der Waals surface area (Å²) < 4.78 is 18.2. The summed E-state index contributed by atoms with van der Waals surface area (Å²) >= 11 is 1.74. The van der Waals surface area contributed by atoms with Gasteiger partial charge in [0.15, 0.2) is 0 Å². The van der Waals surface area contributed by atoms with E-state index in [0.29, 0.717) is 6.54 Å². The fourth-order valence-corrected chi connectivity index (χ4v) is 2.71. The van der Waals surface area contributed by atoms with E-state index in [1.165, 1.54) is 29.0 Å². The Hall–Kier alpha value is -1.72. The van der Waals surface area contributed by atoms with E-state index in [2.05, 4.69) is 29.1 Å². The second-order valence-electron chi connectivity index (χ2n) is 4.42. The molecule has 3 nitrogen and oxygen atoms in total. The number of thiophene rings is 1. The van der Waals surface area contributed by atoms with Gasteiger partial charge < -0.3 is 10.1 Å². The van der Waals surface area contributed by atoms with Crippen LogP contribution >= 0.6 is 11.3 Å². The molecule has 0 saturated heterocycles. The third-order valence-corrected chi connectivity index (χ3v) is 3.86. The topological polar surface area (TPSA) is 38.3 Å². The van der Waals surface area contributed by atoms with Crippen LogP contribution in [-0.4, -0.2) is 13.1 Å². The van der Waals surface area contributed by atoms with Gasteiger partial charge in [0, 0.05) is 22.8 Å². The van der Waals surface area contributed by atoms with E-state index in [0.717, 1.165) is 12.1 Å². The summed E-state index contributed by atoms with van der Waals surface area (Å²) in [7, 11) is 1.24. The van der Waals surface area contributed by atoms with E-state index in [-0.39, 0.29) is 5.56 Å². The second kappa shape index (κ2) is 6.63. The van der Waals surface area contributed by atoms with Crippen molar-refractivity contribution in [2.24, 2.45) is 0 Å². The lowest BCUT2D eigenvalue weighted by Crippen LogP contribution is -2.12. The monoisotopic (exact) mass is 293 g/mol. The smallest absolute Gasteiger partial charge is 0.340 e. The molecule has 0 bridgehead atoms. The molecule has 0 amide bonds. The quantitative estimate of drug-likeness (QED) is 0.860. The number of ether oxygens (including phenoxy) is 1. The van der Waals surface area contributed by atoms with Crippen molar-refractivity contribution in [2.75, 3.05) is 7.11 Å². The molecule has 5 heteroatoms. The fourth-order valence-electron chi connectivity index (χ4n) is 1.85. The first-order chi connectivity index (χ1) is 9.60. The summed E-state index contributed by atoms with van der Waals surface area (Å²) in [6.07, 6.45) is 0. The van der Waals surface area contributed by atoms with Crippen LogP contribution in [0.25, 0.3) is 0 Å². The van der Waals surface area contributed by atoms with Gasteiger partial charge in [-0.2, -0.15) is 0 Å². The third kappa shape index (κ3) is 3.65. The van der Waals surface area contributed by atoms with Gasteiger partial charge in [0.25, 0.3) is 0 Å². The molecule has 0 unspecified atom stereocenters. The normalized spacial score (nSPS) is 10.6. The van der Waals surface area contributed by atoms with Crippen molar-refractivity contribution in [1.82, 2.24) is 5.32 Å². The molecule has 0 atom stereocenters. The van der Waals surface area contributed by atoms with Crippen LogP contribution in [0.15, 0.2) is 30.3 Å². The zero-order valence-electron chi connectivity index (χ0n) is 11.4. The summed E-state index contributed by atoms with van der Waals surface area (Å²) in [5.74, 6) is -1.21. The number of esters is 1. The van der Waals surface area contributed by atoms with Crippen LogP contribution in [0.2, 0.25) is 0 Å². The molecular weight excluding hydrogens is 277 g/mol. The Bertz CT molecular complexity index is 610. The van der Waals surface area contributed by atoms with Crippen LogP contribution in [-0.2, 0) is 17.8 Å². The Morgan fingerprint density at radius 1 is 1.30 bits per heavy atom. The number of rotatable bonds is 5. The molecule has 0 aliphatic carbocycles. The fraction of sp³-hybridized carbons (Fsp3) is 0.267. The predicted octanol–water partition coefficient (Wildman–Crippen LogP) is 3.27. The summed E-state index contributed by atoms with van der Waals surface area (Å²) in [6, 6.07) is 8.69. The molecule has 0 aliphatic heterocycles. The number of halogens is 1. The van der Waals surface area contributed by atoms with Crippen molar-refractivity contribution in [1.29, 1.82) is 0 Å². The van der Waals surface area contributed by atoms with Crippen LogP contribution in [0, 0.1) is 12.7 Å². The predicted molar refractivity (Wildman–Crippen MR) is 77.3 cm³/mol. The highest BCUT2D eigenvalue weighted by Gasteiger charge is 2.12.